The zero-order valence-electron chi connectivity index (χ0n) is 7.60. The molecule has 11 heteroatoms. The lowest BCUT2D eigenvalue weighted by atomic mass is 10.2. The second kappa shape index (κ2) is 4.67. The van der Waals surface area contributed by atoms with Crippen LogP contribution in [0.1, 0.15) is 12.0 Å². The molecule has 94 valence electrons. The highest BCUT2D eigenvalue weighted by molar-refractivity contribution is 8.13. The van der Waals surface area contributed by atoms with Crippen LogP contribution >= 0.6 is 22.3 Å². The van der Waals surface area contributed by atoms with Gasteiger partial charge in [-0.1, -0.05) is 11.6 Å². The minimum atomic E-state index is -4.65. The minimum absolute atomic E-state index is 0.570. The van der Waals surface area contributed by atoms with Gasteiger partial charge in [0.05, 0.1) is 0 Å². The average Bonchev–Trinajstić information content (AvgIpc) is 2.14. The van der Waals surface area contributed by atoms with Gasteiger partial charge in [0.15, 0.2) is 6.20 Å². The van der Waals surface area contributed by atoms with Gasteiger partial charge in [0.2, 0.25) is 0 Å². The number of nitrogens with zero attached hydrogens (tertiary/aromatic N) is 2. The van der Waals surface area contributed by atoms with E-state index in [0.29, 0.717) is 6.20 Å². The predicted molar refractivity (Wildman–Crippen MR) is 53.9 cm³/mol. The van der Waals surface area contributed by atoms with Gasteiger partial charge in [-0.05, 0) is 9.91 Å². The van der Waals surface area contributed by atoms with E-state index < -0.39 is 41.7 Å². The maximum atomic E-state index is 12.6. The monoisotopic (exact) mass is 306 g/mol. The highest BCUT2D eigenvalue weighted by Crippen LogP contribution is 2.38. The summed E-state index contributed by atoms with van der Waals surface area (Å²) in [5.41, 5.74) is -1.42. The van der Waals surface area contributed by atoms with Gasteiger partial charge in [-0.2, -0.15) is 0 Å². The van der Waals surface area contributed by atoms with E-state index in [0.717, 1.165) is 0 Å². The van der Waals surface area contributed by atoms with Crippen LogP contribution in [-0.4, -0.2) is 18.3 Å². The Morgan fingerprint density at radius 3 is 2.35 bits per heavy atom. The molecule has 6 nitrogen and oxygen atoms in total. The van der Waals surface area contributed by atoms with Gasteiger partial charge in [0.1, 0.15) is 15.5 Å². The van der Waals surface area contributed by atoms with Crippen molar-refractivity contribution >= 4 is 37.2 Å². The Morgan fingerprint density at radius 1 is 1.47 bits per heavy atom. The molecular formula is C6H2Cl2F2N2O4S. The molecule has 0 N–H and O–H groups in total. The Labute approximate surface area is 103 Å². The summed E-state index contributed by atoms with van der Waals surface area (Å²) >= 11 is 5.35. The van der Waals surface area contributed by atoms with E-state index >= 15 is 0 Å². The van der Waals surface area contributed by atoms with Crippen LogP contribution in [-0.2, 0) is 9.05 Å². The Kier molecular flexibility index (Phi) is 3.84. The summed E-state index contributed by atoms with van der Waals surface area (Å²) in [6.07, 6.45) is -2.88. The number of nitro groups is 1. The van der Waals surface area contributed by atoms with Crippen LogP contribution in [0, 0.1) is 10.1 Å². The van der Waals surface area contributed by atoms with Crippen molar-refractivity contribution in [2.45, 2.75) is 11.3 Å². The summed E-state index contributed by atoms with van der Waals surface area (Å²) in [7, 11) is 0.244. The van der Waals surface area contributed by atoms with Crippen LogP contribution in [0.5, 0.6) is 0 Å². The van der Waals surface area contributed by atoms with E-state index in [-0.39, 0.29) is 0 Å². The third kappa shape index (κ3) is 2.79. The molecule has 0 aliphatic rings. The van der Waals surface area contributed by atoms with Crippen LogP contribution in [0.3, 0.4) is 0 Å². The van der Waals surface area contributed by atoms with Crippen molar-refractivity contribution in [3.63, 3.8) is 0 Å². The van der Waals surface area contributed by atoms with Gasteiger partial charge >= 0.3 is 5.82 Å². The highest BCUT2D eigenvalue weighted by Gasteiger charge is 2.34. The molecule has 0 amide bonds. The van der Waals surface area contributed by atoms with Crippen molar-refractivity contribution in [2.75, 3.05) is 0 Å². The average molecular weight is 307 g/mol. The molecule has 0 aromatic carbocycles. The van der Waals surface area contributed by atoms with Gasteiger partial charge < -0.3 is 10.1 Å². The molecule has 0 radical (unpaired) electrons. The lowest BCUT2D eigenvalue weighted by molar-refractivity contribution is -0.391. The zero-order valence-corrected chi connectivity index (χ0v) is 9.93. The first-order valence-corrected chi connectivity index (χ1v) is 6.40. The summed E-state index contributed by atoms with van der Waals surface area (Å²) in [4.78, 5) is 11.0. The van der Waals surface area contributed by atoms with Crippen LogP contribution < -0.4 is 0 Å². The predicted octanol–water partition coefficient (Wildman–Crippen LogP) is 2.51. The molecule has 0 saturated carbocycles. The standard InChI is InChI=1S/C6H2Cl2F2N2O4S/c7-2-1-11-6(12(13)14)3(5(9)10)4(2)17(8,15)16/h1,5H. The fraction of sp³-hybridized carbons (Fsp3) is 0.167. The molecule has 1 aromatic heterocycles. The van der Waals surface area contributed by atoms with Crippen LogP contribution in [0.2, 0.25) is 5.02 Å². The summed E-state index contributed by atoms with van der Waals surface area (Å²) in [6.45, 7) is 0. The largest absolute Gasteiger partial charge is 0.373 e. The van der Waals surface area contributed by atoms with Crippen LogP contribution in [0.15, 0.2) is 11.1 Å². The molecule has 0 fully saturated rings. The topological polar surface area (TPSA) is 90.2 Å². The number of hydrogen-bond acceptors (Lipinski definition) is 5. The van der Waals surface area contributed by atoms with Crippen LogP contribution in [0.4, 0.5) is 14.6 Å². The van der Waals surface area contributed by atoms with E-state index in [4.69, 9.17) is 22.3 Å². The van der Waals surface area contributed by atoms with E-state index in [2.05, 4.69) is 4.98 Å². The number of pyridine rings is 1. The van der Waals surface area contributed by atoms with E-state index in [1.54, 1.807) is 0 Å². The molecule has 1 heterocycles. The second-order valence-electron chi connectivity index (χ2n) is 2.67. The third-order valence-corrected chi connectivity index (χ3v) is 3.43. The lowest BCUT2D eigenvalue weighted by Crippen LogP contribution is -2.06. The smallest absolute Gasteiger partial charge is 0.358 e. The van der Waals surface area contributed by atoms with Crippen LogP contribution in [0.25, 0.3) is 0 Å². The Hall–Kier alpha value is -1.06. The Balaban J connectivity index is 3.80. The van der Waals surface area contributed by atoms with Crippen molar-refractivity contribution in [1.29, 1.82) is 0 Å². The first-order valence-electron chi connectivity index (χ1n) is 3.72. The SMILES string of the molecule is O=[N+]([O-])c1ncc(Cl)c(S(=O)(=O)Cl)c1C(F)F. The molecule has 1 aromatic rings. The number of hydrogen-bond donors (Lipinski definition) is 0. The van der Waals surface area contributed by atoms with Gasteiger partial charge in [-0.15, -0.1) is 0 Å². The molecular weight excluding hydrogens is 305 g/mol. The molecule has 0 aliphatic carbocycles. The molecule has 0 bridgehead atoms. The maximum absolute atomic E-state index is 12.6. The first-order chi connectivity index (χ1) is 7.66. The number of alkyl halides is 2. The third-order valence-electron chi connectivity index (χ3n) is 1.64. The molecule has 0 unspecified atom stereocenters. The van der Waals surface area contributed by atoms with Crippen molar-refractivity contribution < 1.29 is 22.1 Å². The molecule has 0 aliphatic heterocycles. The molecule has 0 atom stereocenters. The summed E-state index contributed by atoms with van der Waals surface area (Å²) in [5.74, 6) is -1.30. The number of rotatable bonds is 3. The van der Waals surface area contributed by atoms with Crippen molar-refractivity contribution in [3.8, 4) is 0 Å². The maximum Gasteiger partial charge on any atom is 0.373 e. The zero-order chi connectivity index (χ0) is 13.4. The summed E-state index contributed by atoms with van der Waals surface area (Å²) in [5, 5.41) is 9.74. The second-order valence-corrected chi connectivity index (χ2v) is 5.58. The molecule has 17 heavy (non-hydrogen) atoms. The van der Waals surface area contributed by atoms with Gasteiger partial charge in [0.25, 0.3) is 15.5 Å². The fourth-order valence-electron chi connectivity index (χ4n) is 1.07. The quantitative estimate of drug-likeness (QED) is 0.486. The number of halogens is 4. The molecule has 0 saturated heterocycles. The number of aromatic nitrogens is 1. The molecule has 1 rings (SSSR count). The van der Waals surface area contributed by atoms with Gasteiger partial charge in [0, 0.05) is 10.7 Å². The molecule has 0 spiro atoms. The lowest BCUT2D eigenvalue weighted by Gasteiger charge is -2.06. The summed E-state index contributed by atoms with van der Waals surface area (Å²) < 4.78 is 47.4. The van der Waals surface area contributed by atoms with Gasteiger partial charge in [-0.25, -0.2) is 17.2 Å². The summed E-state index contributed by atoms with van der Waals surface area (Å²) in [6, 6.07) is 0. The normalized spacial score (nSPS) is 11.8. The van der Waals surface area contributed by atoms with Crippen molar-refractivity contribution in [1.82, 2.24) is 4.98 Å². The Morgan fingerprint density at radius 2 is 2.00 bits per heavy atom. The fourth-order valence-corrected chi connectivity index (χ4v) is 2.87. The van der Waals surface area contributed by atoms with Crippen molar-refractivity contribution in [3.05, 3.63) is 26.9 Å². The van der Waals surface area contributed by atoms with Crippen molar-refractivity contribution in [2.24, 2.45) is 0 Å². The van der Waals surface area contributed by atoms with E-state index in [1.165, 1.54) is 0 Å². The minimum Gasteiger partial charge on any atom is -0.358 e. The van der Waals surface area contributed by atoms with Gasteiger partial charge in [-0.3, -0.25) is 0 Å². The highest BCUT2D eigenvalue weighted by atomic mass is 35.7. The van der Waals surface area contributed by atoms with E-state index in [9.17, 15) is 27.3 Å². The Bertz CT molecular complexity index is 578. The first kappa shape index (κ1) is 14.0. The van der Waals surface area contributed by atoms with E-state index in [1.807, 2.05) is 0 Å².